The highest BCUT2D eigenvalue weighted by molar-refractivity contribution is 6.04. The third-order valence-electron chi connectivity index (χ3n) is 2.24. The molecule has 1 aromatic carbocycles. The number of hydrogen-bond acceptors (Lipinski definition) is 4. The van der Waals surface area contributed by atoms with Gasteiger partial charge in [0.25, 0.3) is 0 Å². The van der Waals surface area contributed by atoms with Crippen LogP contribution in [-0.4, -0.2) is 19.0 Å². The van der Waals surface area contributed by atoms with Crippen LogP contribution in [0, 0.1) is 0 Å². The Balaban J connectivity index is 3.03. The number of ether oxygens (including phenoxy) is 1. The summed E-state index contributed by atoms with van der Waals surface area (Å²) >= 11 is 0. The molecule has 0 aliphatic heterocycles. The lowest BCUT2D eigenvalue weighted by Crippen LogP contribution is -2.16. The van der Waals surface area contributed by atoms with Crippen LogP contribution in [-0.2, 0) is 9.53 Å². The van der Waals surface area contributed by atoms with Gasteiger partial charge in [-0.25, -0.2) is 4.79 Å². The van der Waals surface area contributed by atoms with Crippen molar-refractivity contribution >= 4 is 23.3 Å². The van der Waals surface area contributed by atoms with Gasteiger partial charge in [-0.3, -0.25) is 4.79 Å². The smallest absolute Gasteiger partial charge is 0.340 e. The molecule has 1 amide bonds. The van der Waals surface area contributed by atoms with Crippen LogP contribution < -0.4 is 11.1 Å². The molecule has 0 aliphatic rings. The highest BCUT2D eigenvalue weighted by Gasteiger charge is 2.15. The van der Waals surface area contributed by atoms with E-state index in [-0.39, 0.29) is 11.5 Å². The average molecular weight is 236 g/mol. The third kappa shape index (κ3) is 3.21. The van der Waals surface area contributed by atoms with Crippen molar-refractivity contribution in [3.8, 4) is 0 Å². The molecule has 1 rings (SSSR count). The number of nitrogen functional groups attached to an aromatic ring is 1. The van der Waals surface area contributed by atoms with Gasteiger partial charge in [-0.1, -0.05) is 13.0 Å². The Morgan fingerprint density at radius 3 is 2.71 bits per heavy atom. The topological polar surface area (TPSA) is 81.4 Å². The van der Waals surface area contributed by atoms with Gasteiger partial charge in [-0.15, -0.1) is 0 Å². The highest BCUT2D eigenvalue weighted by atomic mass is 16.5. The van der Waals surface area contributed by atoms with Gasteiger partial charge in [0.15, 0.2) is 0 Å². The number of para-hydroxylation sites is 1. The summed E-state index contributed by atoms with van der Waals surface area (Å²) < 4.78 is 4.63. The van der Waals surface area contributed by atoms with E-state index in [1.807, 2.05) is 6.92 Å². The zero-order chi connectivity index (χ0) is 12.8. The lowest BCUT2D eigenvalue weighted by Gasteiger charge is -2.11. The maximum atomic E-state index is 11.5. The molecule has 0 unspecified atom stereocenters. The summed E-state index contributed by atoms with van der Waals surface area (Å²) in [4.78, 5) is 23.0. The molecule has 0 aliphatic carbocycles. The molecule has 0 atom stereocenters. The largest absolute Gasteiger partial charge is 0.465 e. The second-order valence-corrected chi connectivity index (χ2v) is 3.56. The molecule has 0 saturated carbocycles. The number of amides is 1. The van der Waals surface area contributed by atoms with Crippen molar-refractivity contribution in [2.75, 3.05) is 18.2 Å². The summed E-state index contributed by atoms with van der Waals surface area (Å²) in [6.07, 6.45) is 1.11. The number of nitrogens with one attached hydrogen (secondary N) is 1. The Morgan fingerprint density at radius 2 is 2.12 bits per heavy atom. The molecule has 92 valence electrons. The number of carbonyl (C=O) groups is 2. The Kier molecular flexibility index (Phi) is 4.51. The van der Waals surface area contributed by atoms with Crippen molar-refractivity contribution in [1.29, 1.82) is 0 Å². The maximum absolute atomic E-state index is 11.5. The summed E-state index contributed by atoms with van der Waals surface area (Å²) in [5, 5.41) is 2.63. The van der Waals surface area contributed by atoms with Crippen molar-refractivity contribution < 1.29 is 14.3 Å². The van der Waals surface area contributed by atoms with Crippen molar-refractivity contribution in [3.63, 3.8) is 0 Å². The van der Waals surface area contributed by atoms with Crippen LogP contribution in [0.1, 0.15) is 30.1 Å². The van der Waals surface area contributed by atoms with Gasteiger partial charge in [0.05, 0.1) is 24.0 Å². The van der Waals surface area contributed by atoms with E-state index in [4.69, 9.17) is 5.73 Å². The van der Waals surface area contributed by atoms with E-state index in [1.54, 1.807) is 18.2 Å². The van der Waals surface area contributed by atoms with Gasteiger partial charge in [0, 0.05) is 6.42 Å². The van der Waals surface area contributed by atoms with E-state index >= 15 is 0 Å². The number of benzene rings is 1. The monoisotopic (exact) mass is 236 g/mol. The van der Waals surface area contributed by atoms with Crippen LogP contribution in [0.3, 0.4) is 0 Å². The Labute approximate surface area is 99.9 Å². The van der Waals surface area contributed by atoms with Gasteiger partial charge in [-0.2, -0.15) is 0 Å². The van der Waals surface area contributed by atoms with E-state index in [0.717, 1.165) is 6.42 Å². The first-order valence-electron chi connectivity index (χ1n) is 5.36. The second-order valence-electron chi connectivity index (χ2n) is 3.56. The average Bonchev–Trinajstić information content (AvgIpc) is 2.31. The first-order valence-corrected chi connectivity index (χ1v) is 5.36. The van der Waals surface area contributed by atoms with E-state index in [9.17, 15) is 9.59 Å². The van der Waals surface area contributed by atoms with Crippen LogP contribution in [0.2, 0.25) is 0 Å². The van der Waals surface area contributed by atoms with Gasteiger partial charge in [0.2, 0.25) is 5.91 Å². The molecule has 0 saturated heterocycles. The number of esters is 1. The number of anilines is 2. The molecule has 3 N–H and O–H groups in total. The molecule has 0 aromatic heterocycles. The van der Waals surface area contributed by atoms with Crippen molar-refractivity contribution in [3.05, 3.63) is 23.8 Å². The van der Waals surface area contributed by atoms with Crippen LogP contribution in [0.15, 0.2) is 18.2 Å². The minimum Gasteiger partial charge on any atom is -0.465 e. The zero-order valence-corrected chi connectivity index (χ0v) is 9.95. The summed E-state index contributed by atoms with van der Waals surface area (Å²) in [5.74, 6) is -0.695. The first kappa shape index (κ1) is 13.0. The predicted octanol–water partition coefficient (Wildman–Crippen LogP) is 1.79. The van der Waals surface area contributed by atoms with E-state index in [1.165, 1.54) is 7.11 Å². The standard InChI is InChI=1S/C12H16N2O3/c1-3-5-10(15)14-11-8(12(16)17-2)6-4-7-9(11)13/h4,6-7H,3,5,13H2,1-2H3,(H,14,15). The molecule has 0 fully saturated rings. The molecule has 1 aromatic rings. The highest BCUT2D eigenvalue weighted by Crippen LogP contribution is 2.24. The van der Waals surface area contributed by atoms with Crippen molar-refractivity contribution in [1.82, 2.24) is 0 Å². The van der Waals surface area contributed by atoms with E-state index in [2.05, 4.69) is 10.1 Å². The lowest BCUT2D eigenvalue weighted by molar-refractivity contribution is -0.116. The molecule has 0 heterocycles. The molecular formula is C12H16N2O3. The van der Waals surface area contributed by atoms with Gasteiger partial charge in [-0.05, 0) is 18.6 Å². The Bertz CT molecular complexity index is 430. The van der Waals surface area contributed by atoms with Crippen molar-refractivity contribution in [2.24, 2.45) is 0 Å². The molecule has 5 nitrogen and oxygen atoms in total. The zero-order valence-electron chi connectivity index (χ0n) is 9.95. The van der Waals surface area contributed by atoms with Gasteiger partial charge in [0.1, 0.15) is 0 Å². The second kappa shape index (κ2) is 5.89. The fourth-order valence-electron chi connectivity index (χ4n) is 1.42. The molecular weight excluding hydrogens is 220 g/mol. The van der Waals surface area contributed by atoms with Crippen LogP contribution >= 0.6 is 0 Å². The number of hydrogen-bond donors (Lipinski definition) is 2. The number of nitrogens with two attached hydrogens (primary N) is 1. The molecule has 0 radical (unpaired) electrons. The molecule has 17 heavy (non-hydrogen) atoms. The SMILES string of the molecule is CCCC(=O)Nc1c(N)cccc1C(=O)OC. The summed E-state index contributed by atoms with van der Waals surface area (Å²) in [6.45, 7) is 1.90. The Morgan fingerprint density at radius 1 is 1.41 bits per heavy atom. The predicted molar refractivity (Wildman–Crippen MR) is 65.7 cm³/mol. The number of carbonyl (C=O) groups excluding carboxylic acids is 2. The lowest BCUT2D eigenvalue weighted by atomic mass is 10.1. The normalized spacial score (nSPS) is 9.76. The van der Waals surface area contributed by atoms with E-state index in [0.29, 0.717) is 17.8 Å². The van der Waals surface area contributed by atoms with Gasteiger partial charge >= 0.3 is 5.97 Å². The third-order valence-corrected chi connectivity index (χ3v) is 2.24. The van der Waals surface area contributed by atoms with E-state index < -0.39 is 5.97 Å². The molecule has 5 heteroatoms. The van der Waals surface area contributed by atoms with Crippen molar-refractivity contribution in [2.45, 2.75) is 19.8 Å². The fraction of sp³-hybridized carbons (Fsp3) is 0.333. The number of rotatable bonds is 4. The van der Waals surface area contributed by atoms with Gasteiger partial charge < -0.3 is 15.8 Å². The Hall–Kier alpha value is -2.04. The van der Waals surface area contributed by atoms with Crippen LogP contribution in [0.25, 0.3) is 0 Å². The number of methoxy groups -OCH3 is 1. The summed E-state index contributed by atoms with van der Waals surface area (Å²) in [7, 11) is 1.28. The quantitative estimate of drug-likeness (QED) is 0.617. The summed E-state index contributed by atoms with van der Waals surface area (Å²) in [6, 6.07) is 4.81. The minimum atomic E-state index is -0.524. The first-order chi connectivity index (χ1) is 8.10. The van der Waals surface area contributed by atoms with Crippen LogP contribution in [0.5, 0.6) is 0 Å². The summed E-state index contributed by atoms with van der Waals surface area (Å²) in [5.41, 5.74) is 6.66. The molecule has 0 bridgehead atoms. The van der Waals surface area contributed by atoms with Crippen LogP contribution in [0.4, 0.5) is 11.4 Å². The maximum Gasteiger partial charge on any atom is 0.340 e. The molecule has 0 spiro atoms. The fourth-order valence-corrected chi connectivity index (χ4v) is 1.42. The minimum absolute atomic E-state index is 0.171.